The average Bonchev–Trinajstić information content (AvgIpc) is 2.56. The van der Waals surface area contributed by atoms with E-state index in [0.717, 1.165) is 32.3 Å². The van der Waals surface area contributed by atoms with Gasteiger partial charge in [0.05, 0.1) is 17.7 Å². The van der Waals surface area contributed by atoms with E-state index in [-0.39, 0.29) is 11.3 Å². The van der Waals surface area contributed by atoms with Gasteiger partial charge in [0.2, 0.25) is 6.41 Å². The Hall–Kier alpha value is -1.53. The monoisotopic (exact) mass is 321 g/mol. The summed E-state index contributed by atoms with van der Waals surface area (Å²) in [6.07, 6.45) is 4.76. The van der Waals surface area contributed by atoms with Crippen molar-refractivity contribution < 1.29 is 13.9 Å². The molecule has 1 spiro atoms. The van der Waals surface area contributed by atoms with Gasteiger partial charge in [0, 0.05) is 6.20 Å². The second-order valence-electron chi connectivity index (χ2n) is 6.75. The van der Waals surface area contributed by atoms with Crippen LogP contribution < -0.4 is 5.32 Å². The molecule has 0 saturated carbocycles. The first-order valence-corrected chi connectivity index (χ1v) is 8.26. The summed E-state index contributed by atoms with van der Waals surface area (Å²) in [5, 5.41) is 3.33. The molecule has 3 rings (SSSR count). The van der Waals surface area contributed by atoms with Crippen LogP contribution in [-0.2, 0) is 9.53 Å². The van der Waals surface area contributed by atoms with Gasteiger partial charge in [-0.3, -0.25) is 9.78 Å². The highest BCUT2D eigenvalue weighted by Crippen LogP contribution is 2.46. The molecule has 2 saturated heterocycles. The summed E-state index contributed by atoms with van der Waals surface area (Å²) in [5.74, 6) is -0.395. The first kappa shape index (κ1) is 16.3. The fraction of sp³-hybridized carbons (Fsp3) is 0.647. The summed E-state index contributed by atoms with van der Waals surface area (Å²) in [6.45, 7) is 6.20. The minimum absolute atomic E-state index is 0.285. The van der Waals surface area contributed by atoms with Crippen molar-refractivity contribution in [2.24, 2.45) is 0 Å². The topological polar surface area (TPSA) is 54.5 Å². The highest BCUT2D eigenvalue weighted by Gasteiger charge is 2.53. The molecule has 1 aromatic heterocycles. The summed E-state index contributed by atoms with van der Waals surface area (Å²) in [6, 6.07) is 2.44. The maximum absolute atomic E-state index is 14.3. The van der Waals surface area contributed by atoms with Crippen LogP contribution in [0.5, 0.6) is 0 Å². The molecule has 126 valence electrons. The number of hydrogen-bond donors (Lipinski definition) is 1. The minimum atomic E-state index is -0.661. The van der Waals surface area contributed by atoms with Crippen LogP contribution in [0.4, 0.5) is 4.39 Å². The number of halogens is 1. The SMILES string of the molecule is CCC1(C)OC2(CCNCC2)CN(C=O)C1c1ncccc1F. The Morgan fingerprint density at radius 3 is 2.87 bits per heavy atom. The Morgan fingerprint density at radius 1 is 1.52 bits per heavy atom. The maximum Gasteiger partial charge on any atom is 0.210 e. The van der Waals surface area contributed by atoms with Crippen LogP contribution in [0.3, 0.4) is 0 Å². The maximum atomic E-state index is 14.3. The zero-order valence-electron chi connectivity index (χ0n) is 13.7. The van der Waals surface area contributed by atoms with Crippen molar-refractivity contribution in [3.8, 4) is 0 Å². The lowest BCUT2D eigenvalue weighted by Crippen LogP contribution is -2.64. The van der Waals surface area contributed by atoms with Gasteiger partial charge in [-0.05, 0) is 51.4 Å². The highest BCUT2D eigenvalue weighted by molar-refractivity contribution is 5.50. The van der Waals surface area contributed by atoms with Gasteiger partial charge in [0.25, 0.3) is 0 Å². The predicted octanol–water partition coefficient (Wildman–Crippen LogP) is 2.04. The summed E-state index contributed by atoms with van der Waals surface area (Å²) in [5.41, 5.74) is -0.725. The molecular formula is C17H24FN3O2. The van der Waals surface area contributed by atoms with Crippen molar-refractivity contribution in [1.82, 2.24) is 15.2 Å². The van der Waals surface area contributed by atoms with E-state index in [0.29, 0.717) is 13.0 Å². The number of amides is 1. The molecule has 5 nitrogen and oxygen atoms in total. The van der Waals surface area contributed by atoms with Crippen molar-refractivity contribution in [2.45, 2.75) is 50.4 Å². The van der Waals surface area contributed by atoms with E-state index in [4.69, 9.17) is 4.74 Å². The third-order valence-corrected chi connectivity index (χ3v) is 5.23. The standard InChI is InChI=1S/C17H24FN3O2/c1-3-16(2)15(14-13(18)5-4-8-20-14)21(12-22)11-17(23-16)6-9-19-10-7-17/h4-5,8,12,15,19H,3,6-7,9-11H2,1-2H3. The minimum Gasteiger partial charge on any atom is -0.364 e. The first-order valence-electron chi connectivity index (χ1n) is 8.26. The summed E-state index contributed by atoms with van der Waals surface area (Å²) >= 11 is 0. The van der Waals surface area contributed by atoms with Gasteiger partial charge in [-0.1, -0.05) is 6.92 Å². The van der Waals surface area contributed by atoms with E-state index in [9.17, 15) is 9.18 Å². The molecule has 1 aromatic rings. The van der Waals surface area contributed by atoms with Gasteiger partial charge >= 0.3 is 0 Å². The lowest BCUT2D eigenvalue weighted by Gasteiger charge is -2.55. The van der Waals surface area contributed by atoms with E-state index < -0.39 is 17.5 Å². The van der Waals surface area contributed by atoms with E-state index >= 15 is 0 Å². The van der Waals surface area contributed by atoms with Crippen LogP contribution >= 0.6 is 0 Å². The Labute approximate surface area is 136 Å². The lowest BCUT2D eigenvalue weighted by atomic mass is 9.81. The Bertz CT molecular complexity index is 577. The van der Waals surface area contributed by atoms with Crippen molar-refractivity contribution in [3.63, 3.8) is 0 Å². The molecule has 2 fully saturated rings. The Morgan fingerprint density at radius 2 is 2.26 bits per heavy atom. The molecule has 3 heterocycles. The van der Waals surface area contributed by atoms with Crippen LogP contribution in [0.25, 0.3) is 0 Å². The van der Waals surface area contributed by atoms with Crippen LogP contribution in [0, 0.1) is 5.82 Å². The van der Waals surface area contributed by atoms with Crippen LogP contribution in [0.2, 0.25) is 0 Å². The second-order valence-corrected chi connectivity index (χ2v) is 6.75. The third-order valence-electron chi connectivity index (χ3n) is 5.23. The van der Waals surface area contributed by atoms with Crippen LogP contribution in [0.1, 0.15) is 44.8 Å². The van der Waals surface area contributed by atoms with Crippen molar-refractivity contribution in [3.05, 3.63) is 29.8 Å². The molecular weight excluding hydrogens is 297 g/mol. The number of morpholine rings is 1. The number of ether oxygens (including phenoxy) is 1. The molecule has 2 unspecified atom stereocenters. The second kappa shape index (κ2) is 6.17. The molecule has 6 heteroatoms. The zero-order chi connectivity index (χ0) is 16.5. The summed E-state index contributed by atoms with van der Waals surface area (Å²) < 4.78 is 20.9. The number of rotatable bonds is 3. The van der Waals surface area contributed by atoms with E-state index in [2.05, 4.69) is 10.3 Å². The zero-order valence-corrected chi connectivity index (χ0v) is 13.7. The van der Waals surface area contributed by atoms with Crippen molar-refractivity contribution in [2.75, 3.05) is 19.6 Å². The number of nitrogens with zero attached hydrogens (tertiary/aromatic N) is 2. The van der Waals surface area contributed by atoms with Crippen LogP contribution in [0.15, 0.2) is 18.3 Å². The van der Waals surface area contributed by atoms with Gasteiger partial charge in [-0.15, -0.1) is 0 Å². The fourth-order valence-corrected chi connectivity index (χ4v) is 3.91. The van der Waals surface area contributed by atoms with Gasteiger partial charge in [0.15, 0.2) is 0 Å². The number of carbonyl (C=O) groups excluding carboxylic acids is 1. The van der Waals surface area contributed by atoms with Crippen LogP contribution in [-0.4, -0.2) is 47.1 Å². The molecule has 0 radical (unpaired) electrons. The highest BCUT2D eigenvalue weighted by atomic mass is 19.1. The Kier molecular flexibility index (Phi) is 4.38. The summed E-state index contributed by atoms with van der Waals surface area (Å²) in [4.78, 5) is 17.7. The molecule has 1 amide bonds. The quantitative estimate of drug-likeness (QED) is 0.866. The number of nitrogens with one attached hydrogen (secondary N) is 1. The van der Waals surface area contributed by atoms with E-state index in [1.54, 1.807) is 17.2 Å². The lowest BCUT2D eigenvalue weighted by molar-refractivity contribution is -0.238. The summed E-state index contributed by atoms with van der Waals surface area (Å²) in [7, 11) is 0. The predicted molar refractivity (Wildman–Crippen MR) is 84.3 cm³/mol. The number of piperidine rings is 1. The Balaban J connectivity index is 2.01. The average molecular weight is 321 g/mol. The largest absolute Gasteiger partial charge is 0.364 e. The number of aromatic nitrogens is 1. The molecule has 2 aliphatic heterocycles. The van der Waals surface area contributed by atoms with Gasteiger partial charge in [-0.25, -0.2) is 4.39 Å². The molecule has 0 aliphatic carbocycles. The normalized spacial score (nSPS) is 30.4. The first-order chi connectivity index (χ1) is 11.0. The molecule has 1 N–H and O–H groups in total. The molecule has 0 aromatic carbocycles. The number of hydrogen-bond acceptors (Lipinski definition) is 4. The van der Waals surface area contributed by atoms with E-state index in [1.165, 1.54) is 6.07 Å². The van der Waals surface area contributed by atoms with Gasteiger partial charge in [-0.2, -0.15) is 0 Å². The third kappa shape index (κ3) is 2.85. The van der Waals surface area contributed by atoms with Crippen molar-refractivity contribution in [1.29, 1.82) is 0 Å². The molecule has 0 bridgehead atoms. The number of pyridine rings is 1. The van der Waals surface area contributed by atoms with E-state index in [1.807, 2.05) is 13.8 Å². The number of carbonyl (C=O) groups is 1. The molecule has 2 aliphatic rings. The van der Waals surface area contributed by atoms with Gasteiger partial charge in [0.1, 0.15) is 17.6 Å². The fourth-order valence-electron chi connectivity index (χ4n) is 3.91. The molecule has 2 atom stereocenters. The smallest absolute Gasteiger partial charge is 0.210 e. The van der Waals surface area contributed by atoms with Crippen molar-refractivity contribution >= 4 is 6.41 Å². The van der Waals surface area contributed by atoms with Gasteiger partial charge < -0.3 is 15.0 Å². The molecule has 23 heavy (non-hydrogen) atoms.